The summed E-state index contributed by atoms with van der Waals surface area (Å²) >= 11 is 6.24. The molecule has 0 bridgehead atoms. The van der Waals surface area contributed by atoms with Gasteiger partial charge in [0.05, 0.1) is 6.54 Å². The fourth-order valence-corrected chi connectivity index (χ4v) is 4.25. The van der Waals surface area contributed by atoms with Crippen LogP contribution in [0.3, 0.4) is 0 Å². The molecule has 1 amide bonds. The number of halogens is 2. The Labute approximate surface area is 181 Å². The zero-order valence-corrected chi connectivity index (χ0v) is 17.9. The molecule has 1 fully saturated rings. The Hall–Kier alpha value is -3.14. The van der Waals surface area contributed by atoms with Gasteiger partial charge < -0.3 is 10.6 Å². The Bertz CT molecular complexity index is 1280. The number of fused-ring (bicyclic) bond motifs is 1. The van der Waals surface area contributed by atoms with Gasteiger partial charge in [0, 0.05) is 43.7 Å². The number of nitrogens with zero attached hydrogens (tertiary/aromatic N) is 5. The van der Waals surface area contributed by atoms with Crippen molar-refractivity contribution >= 4 is 34.6 Å². The molecule has 0 spiro atoms. The number of hydrogen-bond acceptors (Lipinski definition) is 5. The van der Waals surface area contributed by atoms with Crippen LogP contribution in [0, 0.1) is 11.7 Å². The lowest BCUT2D eigenvalue weighted by Gasteiger charge is -2.31. The van der Waals surface area contributed by atoms with Gasteiger partial charge in [0.1, 0.15) is 5.82 Å². The third kappa shape index (κ3) is 3.50. The average molecular weight is 449 g/mol. The van der Waals surface area contributed by atoms with Crippen molar-refractivity contribution in [3.63, 3.8) is 0 Å². The summed E-state index contributed by atoms with van der Waals surface area (Å²) in [5, 5.41) is 0.224. The number of aromatic nitrogens is 4. The van der Waals surface area contributed by atoms with E-state index >= 15 is 0 Å². The van der Waals surface area contributed by atoms with Crippen molar-refractivity contribution in [2.45, 2.75) is 19.4 Å². The van der Waals surface area contributed by atoms with E-state index in [1.807, 2.05) is 4.90 Å². The third-order valence-corrected chi connectivity index (χ3v) is 6.24. The number of imidazole rings is 1. The molecule has 2 N–H and O–H groups in total. The van der Waals surface area contributed by atoms with Gasteiger partial charge in [-0.05, 0) is 25.0 Å². The van der Waals surface area contributed by atoms with Crippen LogP contribution in [-0.2, 0) is 25.4 Å². The number of primary amides is 1. The summed E-state index contributed by atoms with van der Waals surface area (Å²) in [5.74, 6) is -0.667. The Morgan fingerprint density at radius 1 is 1.23 bits per heavy atom. The molecule has 1 saturated heterocycles. The molecule has 1 aliphatic heterocycles. The molecule has 0 aliphatic carbocycles. The van der Waals surface area contributed by atoms with E-state index in [-0.39, 0.29) is 40.1 Å². The molecule has 3 heterocycles. The minimum atomic E-state index is -0.531. The van der Waals surface area contributed by atoms with E-state index in [0.29, 0.717) is 31.9 Å². The molecule has 9 nitrogen and oxygen atoms in total. The van der Waals surface area contributed by atoms with E-state index in [1.54, 1.807) is 10.6 Å². The van der Waals surface area contributed by atoms with Gasteiger partial charge in [-0.15, -0.1) is 0 Å². The number of carbonyl (C=O) groups is 1. The topological polar surface area (TPSA) is 108 Å². The van der Waals surface area contributed by atoms with E-state index in [9.17, 15) is 18.8 Å². The predicted molar refractivity (Wildman–Crippen MR) is 115 cm³/mol. The van der Waals surface area contributed by atoms with Crippen molar-refractivity contribution in [2.75, 3.05) is 18.0 Å². The van der Waals surface area contributed by atoms with Gasteiger partial charge >= 0.3 is 5.69 Å². The molecule has 2 aromatic heterocycles. The Morgan fingerprint density at radius 3 is 2.52 bits per heavy atom. The van der Waals surface area contributed by atoms with Crippen molar-refractivity contribution in [1.82, 2.24) is 18.7 Å². The lowest BCUT2D eigenvalue weighted by Crippen LogP contribution is -2.40. The number of benzene rings is 1. The molecule has 1 aliphatic rings. The highest BCUT2D eigenvalue weighted by atomic mass is 35.5. The summed E-state index contributed by atoms with van der Waals surface area (Å²) in [6, 6.07) is 4.38. The molecule has 0 radical (unpaired) electrons. The quantitative estimate of drug-likeness (QED) is 0.640. The fourth-order valence-electron chi connectivity index (χ4n) is 4.03. The Balaban J connectivity index is 1.91. The smallest absolute Gasteiger partial charge is 0.332 e. The first-order chi connectivity index (χ1) is 14.7. The standard InChI is InChI=1S/C20H22ClFN6O3/c1-25-17-15(18(30)26(2)20(25)31)28(10-12-13(21)4-3-5-14(12)22)19(24-17)27-8-6-11(7-9-27)16(23)29/h3-5,11H,6-10H2,1-2H3,(H2,23,29). The highest BCUT2D eigenvalue weighted by Gasteiger charge is 2.28. The van der Waals surface area contributed by atoms with Crippen molar-refractivity contribution in [3.05, 3.63) is 55.4 Å². The van der Waals surface area contributed by atoms with Gasteiger partial charge in [-0.25, -0.2) is 9.18 Å². The highest BCUT2D eigenvalue weighted by Crippen LogP contribution is 2.28. The summed E-state index contributed by atoms with van der Waals surface area (Å²) in [7, 11) is 2.91. The van der Waals surface area contributed by atoms with Gasteiger partial charge in [0.25, 0.3) is 5.56 Å². The number of amides is 1. The largest absolute Gasteiger partial charge is 0.369 e. The molecule has 3 aromatic rings. The first-order valence-corrected chi connectivity index (χ1v) is 10.2. The number of anilines is 1. The van der Waals surface area contributed by atoms with Crippen LogP contribution in [0.4, 0.5) is 10.3 Å². The zero-order chi connectivity index (χ0) is 22.4. The summed E-state index contributed by atoms with van der Waals surface area (Å²) in [5.41, 5.74) is 4.99. The Morgan fingerprint density at radius 2 is 1.90 bits per heavy atom. The van der Waals surface area contributed by atoms with Crippen LogP contribution in [-0.4, -0.2) is 37.7 Å². The molecular weight excluding hydrogens is 427 g/mol. The van der Waals surface area contributed by atoms with Crippen LogP contribution in [0.5, 0.6) is 0 Å². The molecule has 0 saturated carbocycles. The summed E-state index contributed by atoms with van der Waals surface area (Å²) in [6.07, 6.45) is 1.08. The first-order valence-electron chi connectivity index (χ1n) is 9.84. The van der Waals surface area contributed by atoms with Gasteiger partial charge in [0.15, 0.2) is 11.2 Å². The highest BCUT2D eigenvalue weighted by molar-refractivity contribution is 6.31. The monoisotopic (exact) mass is 448 g/mol. The second-order valence-corrected chi connectivity index (χ2v) is 8.15. The van der Waals surface area contributed by atoms with Gasteiger partial charge in [0.2, 0.25) is 11.9 Å². The summed E-state index contributed by atoms with van der Waals surface area (Å²) in [4.78, 5) is 43.4. The van der Waals surface area contributed by atoms with Crippen molar-refractivity contribution in [2.24, 2.45) is 25.7 Å². The van der Waals surface area contributed by atoms with Gasteiger partial charge in [-0.2, -0.15) is 4.98 Å². The number of rotatable bonds is 4. The van der Waals surface area contributed by atoms with Crippen LogP contribution in [0.25, 0.3) is 11.2 Å². The van der Waals surface area contributed by atoms with Crippen LogP contribution in [0.15, 0.2) is 27.8 Å². The maximum Gasteiger partial charge on any atom is 0.332 e. The minimum absolute atomic E-state index is 0.0411. The summed E-state index contributed by atoms with van der Waals surface area (Å²) < 4.78 is 18.4. The van der Waals surface area contributed by atoms with Gasteiger partial charge in [-0.3, -0.25) is 23.3 Å². The van der Waals surface area contributed by atoms with Crippen LogP contribution < -0.4 is 21.9 Å². The number of piperidine rings is 1. The Kier molecular flexibility index (Phi) is 5.34. The van der Waals surface area contributed by atoms with Gasteiger partial charge in [-0.1, -0.05) is 17.7 Å². The molecule has 11 heteroatoms. The number of carbonyl (C=O) groups excluding carboxylic acids is 1. The number of aryl methyl sites for hydroxylation is 1. The van der Waals surface area contributed by atoms with Crippen LogP contribution in [0.1, 0.15) is 18.4 Å². The SMILES string of the molecule is Cn1c(=O)c2c(nc(N3CCC(C(N)=O)CC3)n2Cc2c(F)cccc2Cl)n(C)c1=O. The molecular formula is C20H22ClFN6O3. The zero-order valence-electron chi connectivity index (χ0n) is 17.1. The maximum atomic E-state index is 14.6. The molecule has 164 valence electrons. The van der Waals surface area contributed by atoms with Crippen LogP contribution >= 0.6 is 11.6 Å². The normalized spacial score (nSPS) is 15.0. The van der Waals surface area contributed by atoms with Crippen molar-refractivity contribution < 1.29 is 9.18 Å². The molecule has 0 atom stereocenters. The third-order valence-electron chi connectivity index (χ3n) is 5.89. The van der Waals surface area contributed by atoms with Crippen molar-refractivity contribution in [3.8, 4) is 0 Å². The average Bonchev–Trinajstić information content (AvgIpc) is 3.13. The number of hydrogen-bond donors (Lipinski definition) is 1. The minimum Gasteiger partial charge on any atom is -0.369 e. The second kappa shape index (κ2) is 7.84. The summed E-state index contributed by atoms with van der Waals surface area (Å²) in [6.45, 7) is 0.924. The van der Waals surface area contributed by atoms with E-state index in [4.69, 9.17) is 17.3 Å². The van der Waals surface area contributed by atoms with E-state index in [2.05, 4.69) is 4.98 Å². The predicted octanol–water partition coefficient (Wildman–Crippen LogP) is 0.976. The maximum absolute atomic E-state index is 14.6. The molecule has 0 unspecified atom stereocenters. The fraction of sp³-hybridized carbons (Fsp3) is 0.400. The molecule has 1 aromatic carbocycles. The van der Waals surface area contributed by atoms with E-state index in [1.165, 1.54) is 30.8 Å². The van der Waals surface area contributed by atoms with Crippen LogP contribution in [0.2, 0.25) is 5.02 Å². The lowest BCUT2D eigenvalue weighted by atomic mass is 9.96. The first kappa shape index (κ1) is 21.1. The second-order valence-electron chi connectivity index (χ2n) is 7.74. The molecule has 4 rings (SSSR count). The molecule has 31 heavy (non-hydrogen) atoms. The number of nitrogens with two attached hydrogens (primary N) is 1. The van der Waals surface area contributed by atoms with E-state index in [0.717, 1.165) is 4.57 Å². The van der Waals surface area contributed by atoms with Crippen molar-refractivity contribution in [1.29, 1.82) is 0 Å². The van der Waals surface area contributed by atoms with E-state index < -0.39 is 17.1 Å². The lowest BCUT2D eigenvalue weighted by molar-refractivity contribution is -0.122.